The number of benzene rings is 3. The minimum Gasteiger partial charge on any atom is -0.493 e. The molecule has 0 aliphatic carbocycles. The van der Waals surface area contributed by atoms with Gasteiger partial charge >= 0.3 is 0 Å². The van der Waals surface area contributed by atoms with Gasteiger partial charge in [0.1, 0.15) is 11.3 Å². The molecule has 1 aromatic heterocycles. The van der Waals surface area contributed by atoms with Gasteiger partial charge in [-0.25, -0.2) is 4.98 Å². The largest absolute Gasteiger partial charge is 0.493 e. The molecule has 0 spiro atoms. The Hall–Kier alpha value is -1.91. The topological polar surface area (TPSA) is 64.4 Å². The highest BCUT2D eigenvalue weighted by Gasteiger charge is 2.14. The number of carbonyl (C=O) groups is 1. The predicted molar refractivity (Wildman–Crippen MR) is 133 cm³/mol. The number of oxazole rings is 1. The van der Waals surface area contributed by atoms with E-state index in [1.807, 2.05) is 25.1 Å². The summed E-state index contributed by atoms with van der Waals surface area (Å²) in [7, 11) is 0. The molecule has 4 rings (SSSR count). The van der Waals surface area contributed by atoms with Crippen LogP contribution < -0.4 is 10.1 Å². The van der Waals surface area contributed by atoms with Gasteiger partial charge in [0.25, 0.3) is 5.91 Å². The van der Waals surface area contributed by atoms with Crippen molar-refractivity contribution < 1.29 is 13.9 Å². The highest BCUT2D eigenvalue weighted by Crippen LogP contribution is 2.32. The van der Waals surface area contributed by atoms with Gasteiger partial charge in [0.05, 0.1) is 16.6 Å². The zero-order chi connectivity index (χ0) is 21.3. The van der Waals surface area contributed by atoms with Crippen molar-refractivity contribution in [1.82, 2.24) is 4.98 Å². The standard InChI is InChI=1S/C22H15Br2IN2O3/c1-2-29-19-7-3-12(9-17(19)24)21(28)26-14-5-8-20-18(11-14)27-22(30-20)15-10-13(25)4-6-16(15)23/h3-11H,2H2,1H3,(H,26,28). The summed E-state index contributed by atoms with van der Waals surface area (Å²) >= 11 is 9.23. The Bertz CT molecular complexity index is 1260. The van der Waals surface area contributed by atoms with Crippen LogP contribution in [0.25, 0.3) is 22.6 Å². The molecule has 0 saturated heterocycles. The molecule has 0 aliphatic rings. The van der Waals surface area contributed by atoms with Gasteiger partial charge in [0, 0.05) is 19.3 Å². The average molecular weight is 642 g/mol. The molecule has 1 heterocycles. The van der Waals surface area contributed by atoms with Gasteiger partial charge in [-0.1, -0.05) is 0 Å². The van der Waals surface area contributed by atoms with Crippen molar-refractivity contribution in [2.24, 2.45) is 0 Å². The number of rotatable bonds is 5. The van der Waals surface area contributed by atoms with Crippen LogP contribution in [0.3, 0.4) is 0 Å². The van der Waals surface area contributed by atoms with Gasteiger partial charge in [-0.2, -0.15) is 0 Å². The van der Waals surface area contributed by atoms with E-state index in [4.69, 9.17) is 9.15 Å². The molecule has 0 radical (unpaired) electrons. The first kappa shape index (κ1) is 21.3. The molecule has 4 aromatic rings. The third kappa shape index (κ3) is 4.55. The van der Waals surface area contributed by atoms with Crippen LogP contribution in [-0.4, -0.2) is 17.5 Å². The molecule has 0 aliphatic heterocycles. The van der Waals surface area contributed by atoms with Crippen LogP contribution in [0.5, 0.6) is 5.75 Å². The molecule has 1 N–H and O–H groups in total. The highest BCUT2D eigenvalue weighted by molar-refractivity contribution is 14.1. The normalized spacial score (nSPS) is 10.9. The molecule has 5 nitrogen and oxygen atoms in total. The summed E-state index contributed by atoms with van der Waals surface area (Å²) in [5.41, 5.74) is 3.36. The van der Waals surface area contributed by atoms with Crippen molar-refractivity contribution >= 4 is 77.1 Å². The summed E-state index contributed by atoms with van der Waals surface area (Å²) in [6, 6.07) is 16.6. The molecule has 1 amide bonds. The van der Waals surface area contributed by atoms with Crippen LogP contribution in [0.2, 0.25) is 0 Å². The van der Waals surface area contributed by atoms with E-state index < -0.39 is 0 Å². The number of amides is 1. The molecule has 8 heteroatoms. The van der Waals surface area contributed by atoms with Crippen molar-refractivity contribution in [2.45, 2.75) is 6.92 Å². The monoisotopic (exact) mass is 640 g/mol. The Morgan fingerprint density at radius 1 is 1.10 bits per heavy atom. The van der Waals surface area contributed by atoms with Crippen LogP contribution in [0.15, 0.2) is 68.0 Å². The van der Waals surface area contributed by atoms with Gasteiger partial charge in [-0.15, -0.1) is 0 Å². The average Bonchev–Trinajstić information content (AvgIpc) is 3.14. The number of hydrogen-bond donors (Lipinski definition) is 1. The van der Waals surface area contributed by atoms with Gasteiger partial charge < -0.3 is 14.5 Å². The summed E-state index contributed by atoms with van der Waals surface area (Å²) < 4.78 is 14.1. The smallest absolute Gasteiger partial charge is 0.255 e. The van der Waals surface area contributed by atoms with E-state index in [2.05, 4.69) is 64.8 Å². The number of halogens is 3. The number of anilines is 1. The maximum absolute atomic E-state index is 12.7. The number of nitrogens with zero attached hydrogens (tertiary/aromatic N) is 1. The fraction of sp³-hybridized carbons (Fsp3) is 0.0909. The van der Waals surface area contributed by atoms with Crippen LogP contribution in [-0.2, 0) is 0 Å². The molecule has 3 aromatic carbocycles. The number of fused-ring (bicyclic) bond motifs is 1. The minimum absolute atomic E-state index is 0.220. The van der Waals surface area contributed by atoms with Gasteiger partial charge in [0.15, 0.2) is 5.58 Å². The van der Waals surface area contributed by atoms with Crippen LogP contribution in [0.4, 0.5) is 5.69 Å². The SMILES string of the molecule is CCOc1ccc(C(=O)Nc2ccc3oc(-c4cc(I)ccc4Br)nc3c2)cc1Br. The molecule has 30 heavy (non-hydrogen) atoms. The fourth-order valence-corrected chi connectivity index (χ4v) is 4.30. The summed E-state index contributed by atoms with van der Waals surface area (Å²) in [4.78, 5) is 17.3. The summed E-state index contributed by atoms with van der Waals surface area (Å²) in [6.45, 7) is 2.47. The predicted octanol–water partition coefficient (Wildman–Crippen LogP) is 7.28. The van der Waals surface area contributed by atoms with E-state index in [1.165, 1.54) is 0 Å². The molecule has 152 valence electrons. The Balaban J connectivity index is 1.59. The molecular formula is C22H15Br2IN2O3. The van der Waals surface area contributed by atoms with Crippen LogP contribution >= 0.6 is 54.5 Å². The second-order valence-corrected chi connectivity index (χ2v) is 9.31. The fourth-order valence-electron chi connectivity index (χ4n) is 2.90. The maximum Gasteiger partial charge on any atom is 0.255 e. The number of aromatic nitrogens is 1. The number of nitrogens with one attached hydrogen (secondary N) is 1. The van der Waals surface area contributed by atoms with Crippen molar-refractivity contribution in [3.63, 3.8) is 0 Å². The van der Waals surface area contributed by atoms with Crippen molar-refractivity contribution in [3.05, 3.63) is 72.7 Å². The Morgan fingerprint density at radius 2 is 1.93 bits per heavy atom. The molecule has 0 saturated carbocycles. The molecular weight excluding hydrogens is 627 g/mol. The molecule has 0 fully saturated rings. The lowest BCUT2D eigenvalue weighted by Crippen LogP contribution is -2.12. The van der Waals surface area contributed by atoms with E-state index in [0.717, 1.165) is 18.1 Å². The number of ether oxygens (including phenoxy) is 1. The van der Waals surface area contributed by atoms with E-state index >= 15 is 0 Å². The van der Waals surface area contributed by atoms with Crippen molar-refractivity contribution in [3.8, 4) is 17.2 Å². The van der Waals surface area contributed by atoms with Crippen molar-refractivity contribution in [1.29, 1.82) is 0 Å². The third-order valence-corrected chi connectivity index (χ3v) is 6.28. The van der Waals surface area contributed by atoms with Gasteiger partial charge in [0.2, 0.25) is 5.89 Å². The molecule has 0 bridgehead atoms. The van der Waals surface area contributed by atoms with E-state index in [0.29, 0.717) is 40.6 Å². The minimum atomic E-state index is -0.220. The van der Waals surface area contributed by atoms with Crippen LogP contribution in [0, 0.1) is 3.57 Å². The first-order chi connectivity index (χ1) is 14.4. The highest BCUT2D eigenvalue weighted by atomic mass is 127. The van der Waals surface area contributed by atoms with Gasteiger partial charge in [-0.05, 0) is 116 Å². The van der Waals surface area contributed by atoms with Gasteiger partial charge in [-0.3, -0.25) is 4.79 Å². The van der Waals surface area contributed by atoms with Crippen LogP contribution in [0.1, 0.15) is 17.3 Å². The Morgan fingerprint density at radius 3 is 2.70 bits per heavy atom. The Kier molecular flexibility index (Phi) is 6.45. The second-order valence-electron chi connectivity index (χ2n) is 6.36. The van der Waals surface area contributed by atoms with Crippen molar-refractivity contribution in [2.75, 3.05) is 11.9 Å². The Labute approximate surface area is 203 Å². The zero-order valence-corrected chi connectivity index (χ0v) is 21.0. The quantitative estimate of drug-likeness (QED) is 0.233. The summed E-state index contributed by atoms with van der Waals surface area (Å²) in [5, 5.41) is 2.91. The lowest BCUT2D eigenvalue weighted by molar-refractivity contribution is 0.102. The number of carbonyl (C=O) groups excluding carboxylic acids is 1. The first-order valence-corrected chi connectivity index (χ1v) is 11.7. The summed E-state index contributed by atoms with van der Waals surface area (Å²) in [5.74, 6) is 1.00. The lowest BCUT2D eigenvalue weighted by atomic mass is 10.2. The first-order valence-electron chi connectivity index (χ1n) is 9.04. The summed E-state index contributed by atoms with van der Waals surface area (Å²) in [6.07, 6.45) is 0. The van der Waals surface area contributed by atoms with E-state index in [-0.39, 0.29) is 5.91 Å². The second kappa shape index (κ2) is 9.07. The maximum atomic E-state index is 12.7. The molecule has 0 unspecified atom stereocenters. The molecule has 0 atom stereocenters. The number of hydrogen-bond acceptors (Lipinski definition) is 4. The zero-order valence-electron chi connectivity index (χ0n) is 15.7. The lowest BCUT2D eigenvalue weighted by Gasteiger charge is -2.09. The van der Waals surface area contributed by atoms with E-state index in [9.17, 15) is 4.79 Å². The third-order valence-electron chi connectivity index (χ3n) is 4.30. The van der Waals surface area contributed by atoms with E-state index in [1.54, 1.807) is 36.4 Å².